The maximum absolute atomic E-state index is 12.7. The maximum atomic E-state index is 12.7. The maximum Gasteiger partial charge on any atom is 0.246 e. The number of piperazine rings is 1. The molecule has 3 fully saturated rings. The number of nitrogens with one attached hydrogen (secondary N) is 1. The summed E-state index contributed by atoms with van der Waals surface area (Å²) in [6.07, 6.45) is 7.68. The second-order valence-electron chi connectivity index (χ2n) is 6.59. The van der Waals surface area contributed by atoms with Gasteiger partial charge in [0.25, 0.3) is 0 Å². The number of carbonyl (C=O) groups is 2. The molecule has 2 amide bonds. The van der Waals surface area contributed by atoms with Crippen LogP contribution in [0.5, 0.6) is 0 Å². The van der Waals surface area contributed by atoms with Crippen molar-refractivity contribution >= 4 is 11.8 Å². The zero-order valence-corrected chi connectivity index (χ0v) is 12.9. The van der Waals surface area contributed by atoms with Crippen molar-refractivity contribution in [3.05, 3.63) is 0 Å². The molecule has 118 valence electrons. The van der Waals surface area contributed by atoms with Crippen LogP contribution in [0.3, 0.4) is 0 Å². The first-order chi connectivity index (χ1) is 10.2. The summed E-state index contributed by atoms with van der Waals surface area (Å²) in [6.45, 7) is 3.45. The summed E-state index contributed by atoms with van der Waals surface area (Å²) in [6, 6.07) is -0.340. The van der Waals surface area contributed by atoms with Crippen molar-refractivity contribution < 1.29 is 14.3 Å². The Labute approximate surface area is 126 Å². The Kier molecular flexibility index (Phi) is 4.20. The van der Waals surface area contributed by atoms with Gasteiger partial charge in [-0.3, -0.25) is 9.59 Å². The molecule has 0 bridgehead atoms. The van der Waals surface area contributed by atoms with Gasteiger partial charge < -0.3 is 15.0 Å². The fourth-order valence-corrected chi connectivity index (χ4v) is 4.08. The van der Waals surface area contributed by atoms with E-state index in [-0.39, 0.29) is 24.0 Å². The molecular formula is C16H26N2O3. The van der Waals surface area contributed by atoms with Crippen LogP contribution in [-0.4, -0.2) is 47.6 Å². The SMILES string of the molecule is CCC1NC(=O)C2(CCCC2)N(CCC2CCCO2)C1=O. The summed E-state index contributed by atoms with van der Waals surface area (Å²) in [7, 11) is 0. The largest absolute Gasteiger partial charge is 0.378 e. The molecule has 5 heteroatoms. The summed E-state index contributed by atoms with van der Waals surface area (Å²) in [5.74, 6) is 0.177. The Hall–Kier alpha value is -1.10. The Morgan fingerprint density at radius 3 is 2.67 bits per heavy atom. The van der Waals surface area contributed by atoms with Gasteiger partial charge in [0, 0.05) is 13.2 Å². The molecule has 1 N–H and O–H groups in total. The van der Waals surface area contributed by atoms with Crippen molar-refractivity contribution in [2.45, 2.75) is 76.0 Å². The number of hydrogen-bond acceptors (Lipinski definition) is 3. The van der Waals surface area contributed by atoms with Crippen molar-refractivity contribution in [3.8, 4) is 0 Å². The van der Waals surface area contributed by atoms with Gasteiger partial charge in [-0.15, -0.1) is 0 Å². The fraction of sp³-hybridized carbons (Fsp3) is 0.875. The summed E-state index contributed by atoms with van der Waals surface area (Å²) >= 11 is 0. The molecule has 0 aromatic carbocycles. The third-order valence-electron chi connectivity index (χ3n) is 5.35. The molecule has 3 aliphatic rings. The Balaban J connectivity index is 1.76. The summed E-state index contributed by atoms with van der Waals surface area (Å²) < 4.78 is 5.67. The normalized spacial score (nSPS) is 32.0. The smallest absolute Gasteiger partial charge is 0.246 e. The number of ether oxygens (including phenoxy) is 1. The highest BCUT2D eigenvalue weighted by Gasteiger charge is 2.53. The van der Waals surface area contributed by atoms with Crippen molar-refractivity contribution in [1.29, 1.82) is 0 Å². The van der Waals surface area contributed by atoms with Crippen molar-refractivity contribution in [2.24, 2.45) is 0 Å². The predicted octanol–water partition coefficient (Wildman–Crippen LogP) is 1.61. The van der Waals surface area contributed by atoms with Gasteiger partial charge in [-0.05, 0) is 38.5 Å². The molecule has 2 saturated heterocycles. The minimum Gasteiger partial charge on any atom is -0.378 e. The van der Waals surface area contributed by atoms with E-state index in [2.05, 4.69) is 5.32 Å². The second-order valence-corrected chi connectivity index (χ2v) is 6.59. The molecule has 0 aromatic heterocycles. The van der Waals surface area contributed by atoms with E-state index in [1.54, 1.807) is 0 Å². The number of amides is 2. The van der Waals surface area contributed by atoms with Crippen LogP contribution in [0, 0.1) is 0 Å². The van der Waals surface area contributed by atoms with Gasteiger partial charge in [-0.25, -0.2) is 0 Å². The lowest BCUT2D eigenvalue weighted by Gasteiger charge is -2.46. The third-order valence-corrected chi connectivity index (χ3v) is 5.35. The molecule has 1 spiro atoms. The monoisotopic (exact) mass is 294 g/mol. The standard InChI is InChI=1S/C16H26N2O3/c1-2-13-14(19)18(10-7-12-6-5-11-21-12)16(15(20)17-13)8-3-4-9-16/h12-13H,2-11H2,1H3,(H,17,20). The molecule has 2 unspecified atom stereocenters. The molecule has 3 rings (SSSR count). The van der Waals surface area contributed by atoms with Gasteiger partial charge in [0.2, 0.25) is 11.8 Å². The van der Waals surface area contributed by atoms with E-state index >= 15 is 0 Å². The third kappa shape index (κ3) is 2.56. The molecule has 2 atom stereocenters. The number of nitrogens with zero attached hydrogens (tertiary/aromatic N) is 1. The van der Waals surface area contributed by atoms with Crippen LogP contribution in [0.4, 0.5) is 0 Å². The summed E-state index contributed by atoms with van der Waals surface area (Å²) in [4.78, 5) is 27.2. The Bertz CT molecular complexity index is 412. The Morgan fingerprint density at radius 2 is 2.05 bits per heavy atom. The molecule has 1 aliphatic carbocycles. The molecule has 2 heterocycles. The van der Waals surface area contributed by atoms with Gasteiger partial charge in [0.05, 0.1) is 6.10 Å². The van der Waals surface area contributed by atoms with E-state index in [1.165, 1.54) is 0 Å². The molecule has 21 heavy (non-hydrogen) atoms. The first kappa shape index (κ1) is 14.8. The quantitative estimate of drug-likeness (QED) is 0.857. The fourth-order valence-electron chi connectivity index (χ4n) is 4.08. The van der Waals surface area contributed by atoms with Crippen LogP contribution in [0.15, 0.2) is 0 Å². The second kappa shape index (κ2) is 5.95. The minimum absolute atomic E-state index is 0.0683. The highest BCUT2D eigenvalue weighted by molar-refractivity contribution is 6.00. The van der Waals surface area contributed by atoms with Crippen LogP contribution in [0.25, 0.3) is 0 Å². The lowest BCUT2D eigenvalue weighted by Crippen LogP contribution is -2.69. The number of hydrogen-bond donors (Lipinski definition) is 1. The summed E-state index contributed by atoms with van der Waals surface area (Å²) in [5.41, 5.74) is -0.568. The summed E-state index contributed by atoms with van der Waals surface area (Å²) in [5, 5.41) is 2.95. The van der Waals surface area contributed by atoms with Crippen molar-refractivity contribution in [2.75, 3.05) is 13.2 Å². The molecule has 0 radical (unpaired) electrons. The van der Waals surface area contributed by atoms with Crippen LogP contribution in [-0.2, 0) is 14.3 Å². The zero-order valence-electron chi connectivity index (χ0n) is 12.9. The zero-order chi connectivity index (χ0) is 14.9. The average molecular weight is 294 g/mol. The number of rotatable bonds is 4. The van der Waals surface area contributed by atoms with Crippen LogP contribution in [0.2, 0.25) is 0 Å². The predicted molar refractivity (Wildman–Crippen MR) is 78.7 cm³/mol. The highest BCUT2D eigenvalue weighted by Crippen LogP contribution is 2.38. The molecular weight excluding hydrogens is 268 g/mol. The molecule has 0 aromatic rings. The van der Waals surface area contributed by atoms with Gasteiger partial charge in [-0.2, -0.15) is 0 Å². The van der Waals surface area contributed by atoms with Gasteiger partial charge in [-0.1, -0.05) is 19.8 Å². The van der Waals surface area contributed by atoms with Gasteiger partial charge in [0.1, 0.15) is 11.6 Å². The highest BCUT2D eigenvalue weighted by atomic mass is 16.5. The van der Waals surface area contributed by atoms with E-state index in [4.69, 9.17) is 4.74 Å². The first-order valence-corrected chi connectivity index (χ1v) is 8.41. The van der Waals surface area contributed by atoms with Crippen LogP contribution in [0.1, 0.15) is 58.3 Å². The molecule has 2 aliphatic heterocycles. The molecule has 5 nitrogen and oxygen atoms in total. The lowest BCUT2D eigenvalue weighted by atomic mass is 9.88. The van der Waals surface area contributed by atoms with E-state index in [0.29, 0.717) is 13.0 Å². The average Bonchev–Trinajstić information content (AvgIpc) is 3.15. The number of carbonyl (C=O) groups excluding carboxylic acids is 2. The van der Waals surface area contributed by atoms with Gasteiger partial charge >= 0.3 is 0 Å². The minimum atomic E-state index is -0.568. The van der Waals surface area contributed by atoms with E-state index in [1.807, 2.05) is 11.8 Å². The first-order valence-electron chi connectivity index (χ1n) is 8.41. The Morgan fingerprint density at radius 1 is 1.29 bits per heavy atom. The van der Waals surface area contributed by atoms with Crippen LogP contribution < -0.4 is 5.32 Å². The van der Waals surface area contributed by atoms with Crippen molar-refractivity contribution in [3.63, 3.8) is 0 Å². The lowest BCUT2D eigenvalue weighted by molar-refractivity contribution is -0.157. The van der Waals surface area contributed by atoms with Crippen molar-refractivity contribution in [1.82, 2.24) is 10.2 Å². The molecule has 1 saturated carbocycles. The van der Waals surface area contributed by atoms with Crippen LogP contribution >= 0.6 is 0 Å². The van der Waals surface area contributed by atoms with E-state index < -0.39 is 5.54 Å². The van der Waals surface area contributed by atoms with E-state index in [0.717, 1.165) is 51.6 Å². The van der Waals surface area contributed by atoms with E-state index in [9.17, 15) is 9.59 Å². The topological polar surface area (TPSA) is 58.6 Å². The van der Waals surface area contributed by atoms with Gasteiger partial charge in [0.15, 0.2) is 0 Å².